The fraction of sp³-hybridized carbons (Fsp3) is 0.410. The molecule has 67 heavy (non-hydrogen) atoms. The molecule has 0 bridgehead atoms. The molecule has 0 unspecified atom stereocenters. The molecule has 0 aliphatic carbocycles. The summed E-state index contributed by atoms with van der Waals surface area (Å²) in [6.45, 7) is 41.0. The summed E-state index contributed by atoms with van der Waals surface area (Å²) < 4.78 is 38.8. The molecule has 0 amide bonds. The van der Waals surface area contributed by atoms with Crippen molar-refractivity contribution in [2.75, 3.05) is 0 Å². The second-order valence-electron chi connectivity index (χ2n) is 23.7. The molecule has 0 aliphatic rings. The van der Waals surface area contributed by atoms with E-state index >= 15 is 0 Å². The second-order valence-corrected chi connectivity index (χ2v) is 27.7. The highest BCUT2D eigenvalue weighted by atomic mass is 32.2. The predicted octanol–water partition coefficient (Wildman–Crippen LogP) is 18.8. The molecule has 360 valence electrons. The highest BCUT2D eigenvalue weighted by Gasteiger charge is 2.32. The van der Waals surface area contributed by atoms with Crippen LogP contribution < -0.4 is 0 Å². The first kappa shape index (κ1) is 55.3. The van der Waals surface area contributed by atoms with Gasteiger partial charge in [-0.2, -0.15) is 0 Å². The van der Waals surface area contributed by atoms with Crippen LogP contribution in [0.5, 0.6) is 0 Å². The van der Waals surface area contributed by atoms with E-state index in [-0.39, 0.29) is 54.3 Å². The molecule has 0 fully saturated rings. The minimum atomic E-state index is -5.50. The van der Waals surface area contributed by atoms with Crippen LogP contribution >= 0.6 is 0 Å². The molecule has 0 spiro atoms. The maximum atomic E-state index is 9.69. The summed E-state index contributed by atoms with van der Waals surface area (Å²) in [7, 11) is -0.240. The van der Waals surface area contributed by atoms with Gasteiger partial charge in [-0.3, -0.25) is 0 Å². The Morgan fingerprint density at radius 1 is 0.209 bits per heavy atom. The van der Waals surface area contributed by atoms with Crippen LogP contribution in [0.25, 0.3) is 0 Å². The lowest BCUT2D eigenvalue weighted by molar-refractivity contribution is -0.237. The minimum Gasteiger partial charge on any atom is -0.140 e. The number of rotatable bonds is 6. The summed E-state index contributed by atoms with van der Waals surface area (Å²) in [4.78, 5) is 8.25. The van der Waals surface area contributed by atoms with Gasteiger partial charge in [0.1, 0.15) is 0 Å². The summed E-state index contributed by atoms with van der Waals surface area (Å²) in [5.74, 6) is 0. The van der Waals surface area contributed by atoms with Crippen molar-refractivity contribution in [2.45, 2.75) is 193 Å². The van der Waals surface area contributed by atoms with E-state index in [9.17, 15) is 17.6 Å². The Labute approximate surface area is 409 Å². The van der Waals surface area contributed by atoms with Gasteiger partial charge in [-0.1, -0.05) is 197 Å². The van der Waals surface area contributed by atoms with E-state index in [2.05, 4.69) is 270 Å². The van der Waals surface area contributed by atoms with Crippen molar-refractivity contribution in [1.29, 1.82) is 0 Å². The predicted molar refractivity (Wildman–Crippen MR) is 282 cm³/mol. The van der Waals surface area contributed by atoms with E-state index in [1.165, 1.54) is 62.8 Å². The standard InChI is InChI=1S/2C30H39S.CF4/c2*1-28(2,3)22-10-16-25(17-11-22)31(26-18-12-23(13-19-26)29(4,5)6)27-20-14-24(15-21-27)30(7,8)9;2-1(3,4)5/h2*10-21H,1-9H3;/q2*+1;. The van der Waals surface area contributed by atoms with E-state index in [0.717, 1.165) is 0 Å². The van der Waals surface area contributed by atoms with Crippen LogP contribution in [0.1, 0.15) is 158 Å². The van der Waals surface area contributed by atoms with Gasteiger partial charge < -0.3 is 0 Å². The van der Waals surface area contributed by atoms with Crippen LogP contribution in [0.4, 0.5) is 17.6 Å². The van der Waals surface area contributed by atoms with Crippen LogP contribution in [0.2, 0.25) is 0 Å². The Morgan fingerprint density at radius 3 is 0.373 bits per heavy atom. The molecule has 0 atom stereocenters. The van der Waals surface area contributed by atoms with Crippen LogP contribution in [-0.2, 0) is 54.3 Å². The van der Waals surface area contributed by atoms with Crippen LogP contribution in [0, 0.1) is 0 Å². The summed E-state index contributed by atoms with van der Waals surface area (Å²) in [6, 6.07) is 55.7. The molecule has 6 aromatic carbocycles. The van der Waals surface area contributed by atoms with E-state index < -0.39 is 6.43 Å². The summed E-state index contributed by atoms with van der Waals surface area (Å²) in [6.07, 6.45) is -5.50. The average Bonchev–Trinajstić information content (AvgIpc) is 3.20. The molecule has 0 aliphatic heterocycles. The third-order valence-corrected chi connectivity index (χ3v) is 16.2. The molecule has 0 saturated carbocycles. The van der Waals surface area contributed by atoms with E-state index in [1.54, 1.807) is 0 Å². The lowest BCUT2D eigenvalue weighted by Gasteiger charge is -2.21. The highest BCUT2D eigenvalue weighted by Crippen LogP contribution is 2.38. The first-order valence-electron chi connectivity index (χ1n) is 23.4. The topological polar surface area (TPSA) is 0 Å². The molecule has 0 N–H and O–H groups in total. The molecule has 0 aromatic heterocycles. The fourth-order valence-electron chi connectivity index (χ4n) is 7.36. The van der Waals surface area contributed by atoms with E-state index in [1.807, 2.05) is 0 Å². The zero-order valence-corrected chi connectivity index (χ0v) is 45.3. The average molecular weight is 951 g/mol. The van der Waals surface area contributed by atoms with Crippen molar-refractivity contribution >= 4 is 21.8 Å². The van der Waals surface area contributed by atoms with E-state index in [0.29, 0.717) is 0 Å². The summed E-state index contributed by atoms with van der Waals surface area (Å²) in [5.41, 5.74) is 9.28. The van der Waals surface area contributed by atoms with Crippen molar-refractivity contribution in [2.24, 2.45) is 0 Å². The zero-order valence-electron chi connectivity index (χ0n) is 43.7. The van der Waals surface area contributed by atoms with Gasteiger partial charge in [-0.05, 0) is 139 Å². The summed E-state index contributed by atoms with van der Waals surface area (Å²) >= 11 is 0. The smallest absolute Gasteiger partial charge is 0.140 e. The van der Waals surface area contributed by atoms with Crippen molar-refractivity contribution in [3.8, 4) is 0 Å². The van der Waals surface area contributed by atoms with Gasteiger partial charge in [0.15, 0.2) is 29.4 Å². The zero-order chi connectivity index (χ0) is 50.6. The van der Waals surface area contributed by atoms with Gasteiger partial charge in [0, 0.05) is 0 Å². The number of benzene rings is 6. The Bertz CT molecular complexity index is 1990. The van der Waals surface area contributed by atoms with Gasteiger partial charge in [0.2, 0.25) is 0 Å². The molecule has 6 rings (SSSR count). The number of hydrogen-bond donors (Lipinski definition) is 0. The van der Waals surface area contributed by atoms with Crippen molar-refractivity contribution < 1.29 is 17.6 Å². The lowest BCUT2D eigenvalue weighted by atomic mass is 9.87. The van der Waals surface area contributed by atoms with Crippen LogP contribution in [0.15, 0.2) is 175 Å². The summed E-state index contributed by atoms with van der Waals surface area (Å²) in [5, 5.41) is 0. The second kappa shape index (κ2) is 21.2. The minimum absolute atomic E-state index is 0.120. The molecular formula is C61H78F4S2+2. The van der Waals surface area contributed by atoms with Crippen LogP contribution in [-0.4, -0.2) is 6.43 Å². The Balaban J connectivity index is 0.000000266. The van der Waals surface area contributed by atoms with E-state index in [4.69, 9.17) is 0 Å². The van der Waals surface area contributed by atoms with Crippen molar-refractivity contribution in [3.63, 3.8) is 0 Å². The number of halogens is 4. The Hall–Kier alpha value is -4.26. The normalized spacial score (nSPS) is 12.9. The van der Waals surface area contributed by atoms with Crippen LogP contribution in [0.3, 0.4) is 0 Å². The third kappa shape index (κ3) is 16.4. The van der Waals surface area contributed by atoms with Crippen molar-refractivity contribution in [3.05, 3.63) is 179 Å². The fourth-order valence-corrected chi connectivity index (χ4v) is 11.4. The quantitative estimate of drug-likeness (QED) is 0.115. The molecule has 6 aromatic rings. The van der Waals surface area contributed by atoms with Gasteiger partial charge in [0.25, 0.3) is 0 Å². The van der Waals surface area contributed by atoms with Gasteiger partial charge in [-0.25, -0.2) is 0 Å². The number of hydrogen-bond acceptors (Lipinski definition) is 0. The molecule has 6 heteroatoms. The van der Waals surface area contributed by atoms with Crippen molar-refractivity contribution in [1.82, 2.24) is 0 Å². The van der Waals surface area contributed by atoms with Gasteiger partial charge >= 0.3 is 6.43 Å². The number of alkyl halides is 4. The molecule has 0 saturated heterocycles. The van der Waals surface area contributed by atoms with Gasteiger partial charge in [-0.15, -0.1) is 17.6 Å². The highest BCUT2D eigenvalue weighted by molar-refractivity contribution is 7.97. The first-order chi connectivity index (χ1) is 30.5. The Morgan fingerprint density at radius 2 is 0.299 bits per heavy atom. The maximum Gasteiger partial charge on any atom is 0.559 e. The molecule has 0 radical (unpaired) electrons. The van der Waals surface area contributed by atoms with Gasteiger partial charge in [0.05, 0.1) is 21.8 Å². The monoisotopic (exact) mass is 951 g/mol. The maximum absolute atomic E-state index is 9.69. The molecule has 0 heterocycles. The lowest BCUT2D eigenvalue weighted by Crippen LogP contribution is -2.13. The SMILES string of the molecule is CC(C)(C)c1ccc([S+](c2ccc(C(C)(C)C)cc2)c2ccc(C(C)(C)C)cc2)cc1.CC(C)(C)c1ccc([S+](c2ccc(C(C)(C)C)cc2)c2ccc(C(C)(C)C)cc2)cc1.FC(F)(F)F. The molecular weight excluding hydrogens is 873 g/mol. The first-order valence-corrected chi connectivity index (χ1v) is 25.9. The third-order valence-electron chi connectivity index (χ3n) is 11.7. The largest absolute Gasteiger partial charge is 0.559 e. The Kier molecular flexibility index (Phi) is 17.5. The molecule has 0 nitrogen and oxygen atoms in total.